The first-order valence-electron chi connectivity index (χ1n) is 12.2. The van der Waals surface area contributed by atoms with Gasteiger partial charge in [0.05, 0.1) is 24.5 Å². The molecule has 8 nitrogen and oxygen atoms in total. The Morgan fingerprint density at radius 3 is 2.63 bits per heavy atom. The number of aromatic nitrogens is 2. The maximum atomic E-state index is 12.3. The number of carbonyl (C=O) groups excluding carboxylic acids is 1. The number of ether oxygens (including phenoxy) is 2. The van der Waals surface area contributed by atoms with E-state index in [9.17, 15) is 4.79 Å². The van der Waals surface area contributed by atoms with Crippen molar-refractivity contribution in [2.24, 2.45) is 0 Å². The van der Waals surface area contributed by atoms with E-state index in [4.69, 9.17) is 21.7 Å². The third-order valence-electron chi connectivity index (χ3n) is 6.57. The summed E-state index contributed by atoms with van der Waals surface area (Å²) in [5, 5.41) is 6.94. The zero-order valence-corrected chi connectivity index (χ0v) is 22.2. The van der Waals surface area contributed by atoms with E-state index in [-0.39, 0.29) is 24.6 Å². The number of benzene rings is 2. The summed E-state index contributed by atoms with van der Waals surface area (Å²) in [6.45, 7) is 2.04. The predicted molar refractivity (Wildman–Crippen MR) is 152 cm³/mol. The van der Waals surface area contributed by atoms with Gasteiger partial charge in [0.25, 0.3) is 0 Å². The molecule has 1 amide bonds. The van der Waals surface area contributed by atoms with E-state index in [2.05, 4.69) is 56.4 Å². The molecule has 0 radical (unpaired) electrons. The lowest BCUT2D eigenvalue weighted by Crippen LogP contribution is -2.30. The summed E-state index contributed by atoms with van der Waals surface area (Å²) in [4.78, 5) is 19.1. The molecule has 2 atom stereocenters. The van der Waals surface area contributed by atoms with Crippen molar-refractivity contribution in [3.8, 4) is 11.4 Å². The molecule has 2 aromatic heterocycles. The van der Waals surface area contributed by atoms with E-state index in [0.29, 0.717) is 16.5 Å². The number of carbonyl (C=O) groups is 1. The van der Waals surface area contributed by atoms with Crippen molar-refractivity contribution in [2.75, 3.05) is 31.0 Å². The number of para-hydroxylation sites is 1. The van der Waals surface area contributed by atoms with Gasteiger partial charge < -0.3 is 29.6 Å². The van der Waals surface area contributed by atoms with Crippen LogP contribution in [-0.2, 0) is 9.53 Å². The monoisotopic (exact) mass is 527 g/mol. The van der Waals surface area contributed by atoms with Gasteiger partial charge in [0.15, 0.2) is 5.11 Å². The van der Waals surface area contributed by atoms with Gasteiger partial charge in [-0.05, 0) is 73.2 Å². The Kier molecular flexibility index (Phi) is 7.39. The van der Waals surface area contributed by atoms with Crippen LogP contribution in [0.5, 0.6) is 5.75 Å². The summed E-state index contributed by atoms with van der Waals surface area (Å²) >= 11 is 5.91. The summed E-state index contributed by atoms with van der Waals surface area (Å²) in [6.07, 6.45) is 3.86. The number of aryl methyl sites for hydroxylation is 1. The summed E-state index contributed by atoms with van der Waals surface area (Å²) in [5.41, 5.74) is 5.51. The molecule has 38 heavy (non-hydrogen) atoms. The van der Waals surface area contributed by atoms with Gasteiger partial charge in [-0.3, -0.25) is 9.78 Å². The van der Waals surface area contributed by atoms with Crippen LogP contribution >= 0.6 is 12.2 Å². The van der Waals surface area contributed by atoms with Gasteiger partial charge in [-0.15, -0.1) is 0 Å². The van der Waals surface area contributed by atoms with Gasteiger partial charge in [0, 0.05) is 36.6 Å². The van der Waals surface area contributed by atoms with Crippen molar-refractivity contribution >= 4 is 34.6 Å². The molecule has 1 aliphatic heterocycles. The fourth-order valence-corrected chi connectivity index (χ4v) is 5.23. The second-order valence-corrected chi connectivity index (χ2v) is 9.34. The number of hydrogen-bond donors (Lipinski definition) is 2. The molecule has 5 rings (SSSR count). The van der Waals surface area contributed by atoms with E-state index in [1.807, 2.05) is 54.6 Å². The van der Waals surface area contributed by atoms with Crippen LogP contribution in [-0.4, -0.2) is 41.4 Å². The highest BCUT2D eigenvalue weighted by molar-refractivity contribution is 7.80. The highest BCUT2D eigenvalue weighted by Gasteiger charge is 2.42. The molecular formula is C29H29N5O3S. The number of nitrogens with one attached hydrogen (secondary N) is 2. The Bertz CT molecular complexity index is 1460. The molecule has 194 valence electrons. The van der Waals surface area contributed by atoms with Gasteiger partial charge in [-0.25, -0.2) is 0 Å². The molecule has 0 aliphatic carbocycles. The summed E-state index contributed by atoms with van der Waals surface area (Å²) in [6, 6.07) is 23.5. The van der Waals surface area contributed by atoms with Crippen molar-refractivity contribution in [1.82, 2.24) is 14.9 Å². The van der Waals surface area contributed by atoms with Gasteiger partial charge in [-0.2, -0.15) is 0 Å². The molecule has 9 heteroatoms. The number of nitrogens with zero attached hydrogens (tertiary/aromatic N) is 3. The van der Waals surface area contributed by atoms with Crippen molar-refractivity contribution in [1.29, 1.82) is 0 Å². The number of rotatable bonds is 8. The van der Waals surface area contributed by atoms with Crippen LogP contribution in [0.25, 0.3) is 5.69 Å². The van der Waals surface area contributed by atoms with Crippen LogP contribution in [0.4, 0.5) is 11.4 Å². The first kappa shape index (κ1) is 25.4. The average Bonchev–Trinajstić information content (AvgIpc) is 3.53. The Morgan fingerprint density at radius 1 is 1.08 bits per heavy atom. The maximum absolute atomic E-state index is 12.3. The zero-order chi connectivity index (χ0) is 26.6. The fraction of sp³-hybridized carbons (Fsp3) is 0.207. The number of hydrogen-bond acceptors (Lipinski definition) is 5. The highest BCUT2D eigenvalue weighted by atomic mass is 32.1. The number of thiocarbonyl (C=S) groups is 1. The molecule has 2 N–H and O–H groups in total. The molecule has 3 heterocycles. The number of amides is 1. The molecule has 0 spiro atoms. The molecule has 1 aliphatic rings. The number of methoxy groups -OCH3 is 2. The fourth-order valence-electron chi connectivity index (χ4n) is 4.88. The lowest BCUT2D eigenvalue weighted by atomic mass is 10.0. The SMILES string of the molecule is COCC(=O)Nc1cc(N2C(=S)N[C@@H](c3ccccn3)[C@@H]2c2cccn2-c2ccccc2C)ccc1OC. The van der Waals surface area contributed by atoms with Gasteiger partial charge in [0.1, 0.15) is 18.4 Å². The van der Waals surface area contributed by atoms with Crippen molar-refractivity contribution in [2.45, 2.75) is 19.0 Å². The zero-order valence-electron chi connectivity index (χ0n) is 21.4. The Labute approximate surface area is 227 Å². The van der Waals surface area contributed by atoms with Crippen LogP contribution in [0, 0.1) is 6.92 Å². The molecule has 0 saturated carbocycles. The van der Waals surface area contributed by atoms with Crippen molar-refractivity contribution < 1.29 is 14.3 Å². The van der Waals surface area contributed by atoms with Gasteiger partial charge >= 0.3 is 0 Å². The minimum Gasteiger partial charge on any atom is -0.495 e. The van der Waals surface area contributed by atoms with Gasteiger partial charge in [0.2, 0.25) is 5.91 Å². The maximum Gasteiger partial charge on any atom is 0.250 e. The quantitative estimate of drug-likeness (QED) is 0.314. The molecule has 0 unspecified atom stereocenters. The molecule has 1 fully saturated rings. The van der Waals surface area contributed by atoms with Crippen molar-refractivity contribution in [3.05, 3.63) is 102 Å². The van der Waals surface area contributed by atoms with E-state index >= 15 is 0 Å². The second kappa shape index (κ2) is 11.0. The van der Waals surface area contributed by atoms with Crippen LogP contribution in [0.3, 0.4) is 0 Å². The Balaban J connectivity index is 1.64. The number of anilines is 2. The minimum atomic E-state index is -0.276. The van der Waals surface area contributed by atoms with Crippen LogP contribution in [0.15, 0.2) is 85.2 Å². The lowest BCUT2D eigenvalue weighted by molar-refractivity contribution is -0.119. The Morgan fingerprint density at radius 2 is 1.89 bits per heavy atom. The van der Waals surface area contributed by atoms with Crippen LogP contribution in [0.2, 0.25) is 0 Å². The topological polar surface area (TPSA) is 80.7 Å². The van der Waals surface area contributed by atoms with E-state index < -0.39 is 0 Å². The van der Waals surface area contributed by atoms with Crippen molar-refractivity contribution in [3.63, 3.8) is 0 Å². The average molecular weight is 528 g/mol. The summed E-state index contributed by atoms with van der Waals surface area (Å²) < 4.78 is 12.7. The second-order valence-electron chi connectivity index (χ2n) is 8.95. The standard InChI is InChI=1S/C29H29N5O3S/c1-19-9-4-5-11-23(19)33-16-8-12-24(33)28-27(21-10-6-7-15-30-21)32-29(38)34(28)20-13-14-25(37-3)22(17-20)31-26(35)18-36-2/h4-17,27-28H,18H2,1-3H3,(H,31,35)(H,32,38)/t27-,28-/m0/s1. The first-order chi connectivity index (χ1) is 18.5. The molecule has 1 saturated heterocycles. The highest BCUT2D eigenvalue weighted by Crippen LogP contribution is 2.44. The third-order valence-corrected chi connectivity index (χ3v) is 6.88. The normalized spacial score (nSPS) is 16.8. The molecule has 4 aromatic rings. The largest absolute Gasteiger partial charge is 0.495 e. The number of pyridine rings is 1. The molecule has 0 bridgehead atoms. The third kappa shape index (κ3) is 4.85. The van der Waals surface area contributed by atoms with Crippen LogP contribution < -0.4 is 20.3 Å². The minimum absolute atomic E-state index is 0.0641. The lowest BCUT2D eigenvalue weighted by Gasteiger charge is -2.29. The first-order valence-corrected chi connectivity index (χ1v) is 12.6. The van der Waals surface area contributed by atoms with E-state index in [0.717, 1.165) is 28.3 Å². The van der Waals surface area contributed by atoms with Crippen LogP contribution in [0.1, 0.15) is 29.0 Å². The van der Waals surface area contributed by atoms with Gasteiger partial charge in [-0.1, -0.05) is 24.3 Å². The molecular weight excluding hydrogens is 498 g/mol. The summed E-state index contributed by atoms with van der Waals surface area (Å²) in [7, 11) is 3.05. The Hall–Kier alpha value is -4.21. The predicted octanol–water partition coefficient (Wildman–Crippen LogP) is 4.95. The summed E-state index contributed by atoms with van der Waals surface area (Å²) in [5.74, 6) is 0.263. The smallest absolute Gasteiger partial charge is 0.250 e. The molecule has 2 aromatic carbocycles. The van der Waals surface area contributed by atoms with E-state index in [1.54, 1.807) is 13.3 Å². The van der Waals surface area contributed by atoms with E-state index in [1.165, 1.54) is 7.11 Å².